The molecule has 0 amide bonds. The SMILES string of the molecule is ClC1=CC=CCNCC=C1. The predicted octanol–water partition coefficient (Wildman–Crippen LogP) is 1.82. The molecule has 0 saturated heterocycles. The monoisotopic (exact) mass is 155 g/mol. The quantitative estimate of drug-likeness (QED) is 0.563. The van der Waals surface area contributed by atoms with Gasteiger partial charge in [-0.3, -0.25) is 0 Å². The van der Waals surface area contributed by atoms with E-state index in [2.05, 4.69) is 5.32 Å². The predicted molar refractivity (Wildman–Crippen MR) is 45.1 cm³/mol. The van der Waals surface area contributed by atoms with E-state index < -0.39 is 0 Å². The maximum atomic E-state index is 5.76. The summed E-state index contributed by atoms with van der Waals surface area (Å²) in [5, 5.41) is 3.96. The number of nitrogens with one attached hydrogen (secondary N) is 1. The Morgan fingerprint density at radius 3 is 3.00 bits per heavy atom. The van der Waals surface area contributed by atoms with E-state index in [0.717, 1.165) is 18.1 Å². The third-order valence-electron chi connectivity index (χ3n) is 1.19. The molecule has 0 bridgehead atoms. The van der Waals surface area contributed by atoms with Crippen molar-refractivity contribution in [2.24, 2.45) is 0 Å². The molecule has 54 valence electrons. The standard InChI is InChI=1S/C8H10ClN/c9-8-4-1-2-6-10-7-3-5-8/h1-5,10H,6-7H2. The highest BCUT2D eigenvalue weighted by molar-refractivity contribution is 6.31. The fourth-order valence-electron chi connectivity index (χ4n) is 0.705. The average molecular weight is 156 g/mol. The second-order valence-electron chi connectivity index (χ2n) is 2.04. The minimum Gasteiger partial charge on any atom is -0.310 e. The van der Waals surface area contributed by atoms with Gasteiger partial charge >= 0.3 is 0 Å². The first-order valence-electron chi connectivity index (χ1n) is 3.29. The number of rotatable bonds is 0. The molecule has 1 heterocycles. The summed E-state index contributed by atoms with van der Waals surface area (Å²) in [6, 6.07) is 0. The molecule has 1 aliphatic rings. The van der Waals surface area contributed by atoms with E-state index in [-0.39, 0.29) is 0 Å². The number of halogens is 1. The average Bonchev–Trinajstić information content (AvgIpc) is 2.02. The highest BCUT2D eigenvalue weighted by atomic mass is 35.5. The van der Waals surface area contributed by atoms with Gasteiger partial charge in [0.15, 0.2) is 0 Å². The van der Waals surface area contributed by atoms with E-state index in [4.69, 9.17) is 11.6 Å². The Balaban J connectivity index is 2.60. The van der Waals surface area contributed by atoms with E-state index in [1.165, 1.54) is 0 Å². The highest BCUT2D eigenvalue weighted by Crippen LogP contribution is 2.03. The lowest BCUT2D eigenvalue weighted by atomic mass is 10.4. The summed E-state index contributed by atoms with van der Waals surface area (Å²) in [6.45, 7) is 1.79. The van der Waals surface area contributed by atoms with Crippen LogP contribution >= 0.6 is 11.6 Å². The minimum atomic E-state index is 0.778. The van der Waals surface area contributed by atoms with Crippen molar-refractivity contribution in [2.45, 2.75) is 0 Å². The Hall–Kier alpha value is -0.530. The lowest BCUT2D eigenvalue weighted by Crippen LogP contribution is -2.12. The number of allylic oxidation sites excluding steroid dienone is 4. The van der Waals surface area contributed by atoms with E-state index in [0.29, 0.717) is 0 Å². The molecule has 0 aliphatic carbocycles. The first-order valence-corrected chi connectivity index (χ1v) is 3.67. The summed E-state index contributed by atoms with van der Waals surface area (Å²) in [5.41, 5.74) is 0. The van der Waals surface area contributed by atoms with Crippen LogP contribution < -0.4 is 5.32 Å². The second kappa shape index (κ2) is 4.31. The molecule has 0 aromatic heterocycles. The third kappa shape index (κ3) is 2.85. The number of hydrogen-bond acceptors (Lipinski definition) is 1. The van der Waals surface area contributed by atoms with Crippen molar-refractivity contribution in [3.05, 3.63) is 35.4 Å². The minimum absolute atomic E-state index is 0.778. The maximum absolute atomic E-state index is 5.76. The molecule has 0 spiro atoms. The van der Waals surface area contributed by atoms with Crippen LogP contribution in [0.25, 0.3) is 0 Å². The molecule has 1 nitrogen and oxygen atoms in total. The molecule has 0 atom stereocenters. The van der Waals surface area contributed by atoms with Gasteiger partial charge in [0.2, 0.25) is 0 Å². The molecule has 2 heteroatoms. The lowest BCUT2D eigenvalue weighted by Gasteiger charge is -1.91. The first kappa shape index (κ1) is 7.58. The van der Waals surface area contributed by atoms with Gasteiger partial charge in [0.25, 0.3) is 0 Å². The Bertz CT molecular complexity index is 180. The van der Waals surface area contributed by atoms with Crippen LogP contribution in [0.2, 0.25) is 0 Å². The van der Waals surface area contributed by atoms with Gasteiger partial charge in [-0.2, -0.15) is 0 Å². The molecular weight excluding hydrogens is 146 g/mol. The maximum Gasteiger partial charge on any atom is 0.0403 e. The van der Waals surface area contributed by atoms with Crippen molar-refractivity contribution in [3.63, 3.8) is 0 Å². The van der Waals surface area contributed by atoms with Gasteiger partial charge in [-0.15, -0.1) is 0 Å². The van der Waals surface area contributed by atoms with Crippen LogP contribution in [0, 0.1) is 0 Å². The molecule has 10 heavy (non-hydrogen) atoms. The fraction of sp³-hybridized carbons (Fsp3) is 0.250. The largest absolute Gasteiger partial charge is 0.310 e. The molecular formula is C8H10ClN. The zero-order valence-electron chi connectivity index (χ0n) is 5.68. The van der Waals surface area contributed by atoms with E-state index in [9.17, 15) is 0 Å². The molecule has 0 unspecified atom stereocenters. The van der Waals surface area contributed by atoms with Crippen LogP contribution in [0.5, 0.6) is 0 Å². The van der Waals surface area contributed by atoms with Gasteiger partial charge in [-0.25, -0.2) is 0 Å². The summed E-state index contributed by atoms with van der Waals surface area (Å²) in [4.78, 5) is 0. The topological polar surface area (TPSA) is 12.0 Å². The first-order chi connectivity index (χ1) is 4.89. The second-order valence-corrected chi connectivity index (χ2v) is 2.48. The normalized spacial score (nSPS) is 19.1. The van der Waals surface area contributed by atoms with Gasteiger partial charge in [0, 0.05) is 18.1 Å². The Kier molecular flexibility index (Phi) is 3.27. The van der Waals surface area contributed by atoms with Gasteiger partial charge in [-0.1, -0.05) is 29.8 Å². The fourth-order valence-corrected chi connectivity index (χ4v) is 0.867. The Morgan fingerprint density at radius 2 is 2.10 bits per heavy atom. The summed E-state index contributed by atoms with van der Waals surface area (Å²) < 4.78 is 0. The Labute approximate surface area is 66.1 Å². The van der Waals surface area contributed by atoms with Crippen LogP contribution in [0.3, 0.4) is 0 Å². The van der Waals surface area contributed by atoms with Gasteiger partial charge in [-0.05, 0) is 12.2 Å². The Morgan fingerprint density at radius 1 is 1.30 bits per heavy atom. The van der Waals surface area contributed by atoms with Gasteiger partial charge in [0.05, 0.1) is 0 Å². The number of hydrogen-bond donors (Lipinski definition) is 1. The molecule has 0 radical (unpaired) electrons. The molecule has 1 rings (SSSR count). The lowest BCUT2D eigenvalue weighted by molar-refractivity contribution is 0.843. The van der Waals surface area contributed by atoms with Crippen molar-refractivity contribution < 1.29 is 0 Å². The summed E-state index contributed by atoms with van der Waals surface area (Å²) >= 11 is 5.76. The zero-order chi connectivity index (χ0) is 7.23. The van der Waals surface area contributed by atoms with Crippen LogP contribution in [0.1, 0.15) is 0 Å². The van der Waals surface area contributed by atoms with Crippen LogP contribution in [-0.4, -0.2) is 13.1 Å². The molecule has 0 saturated carbocycles. The van der Waals surface area contributed by atoms with Crippen molar-refractivity contribution in [1.82, 2.24) is 5.32 Å². The zero-order valence-corrected chi connectivity index (χ0v) is 6.43. The van der Waals surface area contributed by atoms with Crippen molar-refractivity contribution in [3.8, 4) is 0 Å². The summed E-state index contributed by atoms with van der Waals surface area (Å²) in [7, 11) is 0. The molecule has 1 aliphatic heterocycles. The van der Waals surface area contributed by atoms with Crippen molar-refractivity contribution in [1.29, 1.82) is 0 Å². The molecule has 1 N–H and O–H groups in total. The molecule has 0 aromatic rings. The summed E-state index contributed by atoms with van der Waals surface area (Å²) in [6.07, 6.45) is 9.77. The van der Waals surface area contributed by atoms with E-state index in [1.54, 1.807) is 0 Å². The third-order valence-corrected chi connectivity index (χ3v) is 1.44. The van der Waals surface area contributed by atoms with Crippen molar-refractivity contribution in [2.75, 3.05) is 13.1 Å². The molecule has 0 fully saturated rings. The van der Waals surface area contributed by atoms with Gasteiger partial charge < -0.3 is 5.32 Å². The van der Waals surface area contributed by atoms with Crippen LogP contribution in [-0.2, 0) is 0 Å². The van der Waals surface area contributed by atoms with E-state index in [1.807, 2.05) is 30.4 Å². The van der Waals surface area contributed by atoms with Crippen LogP contribution in [0.15, 0.2) is 35.4 Å². The smallest absolute Gasteiger partial charge is 0.0403 e. The van der Waals surface area contributed by atoms with E-state index >= 15 is 0 Å². The van der Waals surface area contributed by atoms with Gasteiger partial charge in [0.1, 0.15) is 0 Å². The molecule has 0 aromatic carbocycles. The van der Waals surface area contributed by atoms with Crippen LogP contribution in [0.4, 0.5) is 0 Å². The summed E-state index contributed by atoms with van der Waals surface area (Å²) in [5.74, 6) is 0. The highest BCUT2D eigenvalue weighted by Gasteiger charge is 1.84. The van der Waals surface area contributed by atoms with Crippen molar-refractivity contribution >= 4 is 11.6 Å².